The number of methoxy groups -OCH3 is 2. The summed E-state index contributed by atoms with van der Waals surface area (Å²) in [5.41, 5.74) is 7.03. The molecule has 0 spiro atoms. The van der Waals surface area contributed by atoms with E-state index in [9.17, 15) is 4.79 Å². The van der Waals surface area contributed by atoms with Gasteiger partial charge in [-0.15, -0.1) is 0 Å². The lowest BCUT2D eigenvalue weighted by molar-refractivity contribution is 0.0945. The van der Waals surface area contributed by atoms with Crippen molar-refractivity contribution >= 4 is 5.91 Å². The molecule has 0 bridgehead atoms. The second-order valence-corrected chi connectivity index (χ2v) is 6.14. The van der Waals surface area contributed by atoms with Gasteiger partial charge < -0.3 is 24.9 Å². The lowest BCUT2D eigenvalue weighted by atomic mass is 10.0. The van der Waals surface area contributed by atoms with Crippen LogP contribution < -0.4 is 20.5 Å². The van der Waals surface area contributed by atoms with Gasteiger partial charge in [0.15, 0.2) is 17.2 Å². The van der Waals surface area contributed by atoms with Gasteiger partial charge in [-0.3, -0.25) is 4.79 Å². The number of ether oxygens (including phenoxy) is 2. The van der Waals surface area contributed by atoms with Crippen LogP contribution in [-0.4, -0.2) is 25.1 Å². The van der Waals surface area contributed by atoms with Crippen LogP contribution in [0.2, 0.25) is 0 Å². The Kier molecular flexibility index (Phi) is 6.41. The quantitative estimate of drug-likeness (QED) is 0.761. The molecule has 7 nitrogen and oxygen atoms in total. The molecule has 1 unspecified atom stereocenters. The number of hydrogen-bond donors (Lipinski definition) is 2. The lowest BCUT2D eigenvalue weighted by Gasteiger charge is -2.12. The standard InChI is InChI=1S/C18H25N3O4/c1-11(2)8-13(19)18-21-14(10-25-18)17(22)20-9-12-6-5-7-15(23-3)16(12)24-4/h5-7,10-11,13H,8-9,19H2,1-4H3,(H,20,22). The second-order valence-electron chi connectivity index (χ2n) is 6.14. The molecule has 1 aromatic carbocycles. The molecule has 7 heteroatoms. The van der Waals surface area contributed by atoms with E-state index in [0.29, 0.717) is 23.3 Å². The van der Waals surface area contributed by atoms with Crippen LogP contribution >= 0.6 is 0 Å². The van der Waals surface area contributed by atoms with Gasteiger partial charge in [-0.2, -0.15) is 0 Å². The van der Waals surface area contributed by atoms with Crippen molar-refractivity contribution in [1.29, 1.82) is 0 Å². The molecule has 0 aliphatic heterocycles. The molecule has 2 aromatic rings. The van der Waals surface area contributed by atoms with Crippen molar-refractivity contribution in [2.45, 2.75) is 32.9 Å². The molecule has 1 atom stereocenters. The lowest BCUT2D eigenvalue weighted by Crippen LogP contribution is -2.23. The van der Waals surface area contributed by atoms with Crippen LogP contribution in [0.4, 0.5) is 0 Å². The third-order valence-electron chi connectivity index (χ3n) is 3.72. The van der Waals surface area contributed by atoms with Crippen molar-refractivity contribution in [2.75, 3.05) is 14.2 Å². The number of nitrogens with zero attached hydrogens (tertiary/aromatic N) is 1. The summed E-state index contributed by atoms with van der Waals surface area (Å²) in [7, 11) is 3.13. The number of carbonyl (C=O) groups excluding carboxylic acids is 1. The van der Waals surface area contributed by atoms with Crippen molar-refractivity contribution in [3.05, 3.63) is 41.6 Å². The van der Waals surface area contributed by atoms with Gasteiger partial charge in [-0.25, -0.2) is 4.98 Å². The molecule has 0 aliphatic rings. The van der Waals surface area contributed by atoms with Gasteiger partial charge in [0, 0.05) is 12.1 Å². The number of oxazole rings is 1. The highest BCUT2D eigenvalue weighted by molar-refractivity contribution is 5.91. The minimum atomic E-state index is -0.336. The fourth-order valence-electron chi connectivity index (χ4n) is 2.53. The number of benzene rings is 1. The van der Waals surface area contributed by atoms with Gasteiger partial charge in [0.05, 0.1) is 20.3 Å². The maximum Gasteiger partial charge on any atom is 0.273 e. The SMILES string of the molecule is COc1cccc(CNC(=O)c2coc(C(N)CC(C)C)n2)c1OC. The molecule has 25 heavy (non-hydrogen) atoms. The third kappa shape index (κ3) is 4.73. The first-order chi connectivity index (χ1) is 12.0. The molecule has 1 amide bonds. The Morgan fingerprint density at radius 2 is 2.08 bits per heavy atom. The summed E-state index contributed by atoms with van der Waals surface area (Å²) in [4.78, 5) is 16.5. The zero-order valence-electron chi connectivity index (χ0n) is 15.0. The van der Waals surface area contributed by atoms with Crippen LogP contribution in [0.15, 0.2) is 28.9 Å². The Bertz CT molecular complexity index is 712. The van der Waals surface area contributed by atoms with Crippen molar-refractivity contribution in [3.63, 3.8) is 0 Å². The van der Waals surface area contributed by atoms with Gasteiger partial charge in [-0.05, 0) is 18.4 Å². The highest BCUT2D eigenvalue weighted by Gasteiger charge is 2.18. The first kappa shape index (κ1) is 18.8. The first-order valence-electron chi connectivity index (χ1n) is 8.15. The van der Waals surface area contributed by atoms with Gasteiger partial charge in [0.2, 0.25) is 5.89 Å². The van der Waals surface area contributed by atoms with E-state index in [2.05, 4.69) is 24.1 Å². The fraction of sp³-hybridized carbons (Fsp3) is 0.444. The zero-order valence-corrected chi connectivity index (χ0v) is 15.0. The highest BCUT2D eigenvalue weighted by Crippen LogP contribution is 2.30. The molecule has 0 saturated carbocycles. The normalized spacial score (nSPS) is 12.1. The van der Waals surface area contributed by atoms with E-state index in [4.69, 9.17) is 19.6 Å². The maximum atomic E-state index is 12.3. The van der Waals surface area contributed by atoms with Gasteiger partial charge in [0.25, 0.3) is 5.91 Å². The zero-order chi connectivity index (χ0) is 18.4. The molecule has 1 heterocycles. The molecule has 2 rings (SSSR count). The molecule has 0 radical (unpaired) electrons. The maximum absolute atomic E-state index is 12.3. The minimum absolute atomic E-state index is 0.205. The number of nitrogens with one attached hydrogen (secondary N) is 1. The van der Waals surface area contributed by atoms with E-state index in [0.717, 1.165) is 12.0 Å². The Morgan fingerprint density at radius 3 is 2.72 bits per heavy atom. The number of hydrogen-bond acceptors (Lipinski definition) is 6. The second kappa shape index (κ2) is 8.53. The molecule has 0 saturated heterocycles. The molecule has 1 aromatic heterocycles. The summed E-state index contributed by atoms with van der Waals surface area (Å²) in [6.45, 7) is 4.41. The monoisotopic (exact) mass is 347 g/mol. The summed E-state index contributed by atoms with van der Waals surface area (Å²) in [6, 6.07) is 5.17. The summed E-state index contributed by atoms with van der Waals surface area (Å²) >= 11 is 0. The summed E-state index contributed by atoms with van der Waals surface area (Å²) in [5.74, 6) is 1.65. The Hall–Kier alpha value is -2.54. The van der Waals surface area contributed by atoms with Gasteiger partial charge in [-0.1, -0.05) is 26.0 Å². The molecular weight excluding hydrogens is 322 g/mol. The van der Waals surface area contributed by atoms with Crippen molar-refractivity contribution in [2.24, 2.45) is 11.7 Å². The highest BCUT2D eigenvalue weighted by atomic mass is 16.5. The van der Waals surface area contributed by atoms with Crippen molar-refractivity contribution < 1.29 is 18.7 Å². The van der Waals surface area contributed by atoms with Crippen LogP contribution in [0.3, 0.4) is 0 Å². The number of carbonyl (C=O) groups is 1. The number of nitrogens with two attached hydrogens (primary N) is 1. The topological polar surface area (TPSA) is 99.6 Å². The number of aromatic nitrogens is 1. The predicted molar refractivity (Wildman–Crippen MR) is 93.6 cm³/mol. The van der Waals surface area contributed by atoms with Crippen molar-refractivity contribution in [1.82, 2.24) is 10.3 Å². The van der Waals surface area contributed by atoms with E-state index in [1.807, 2.05) is 12.1 Å². The number of rotatable bonds is 8. The van der Waals surface area contributed by atoms with Crippen LogP contribution in [0, 0.1) is 5.92 Å². The smallest absolute Gasteiger partial charge is 0.273 e. The summed E-state index contributed by atoms with van der Waals surface area (Å²) in [6.07, 6.45) is 2.07. The van der Waals surface area contributed by atoms with Crippen molar-refractivity contribution in [3.8, 4) is 11.5 Å². The Morgan fingerprint density at radius 1 is 1.32 bits per heavy atom. The number of amides is 1. The Balaban J connectivity index is 2.03. The molecule has 0 aliphatic carbocycles. The molecule has 0 fully saturated rings. The largest absolute Gasteiger partial charge is 0.493 e. The van der Waals surface area contributed by atoms with E-state index in [1.165, 1.54) is 6.26 Å². The van der Waals surface area contributed by atoms with E-state index in [-0.39, 0.29) is 24.2 Å². The first-order valence-corrected chi connectivity index (χ1v) is 8.15. The van der Waals surface area contributed by atoms with Crippen LogP contribution in [0.1, 0.15) is 48.3 Å². The van der Waals surface area contributed by atoms with E-state index >= 15 is 0 Å². The Labute approximate surface area is 147 Å². The van der Waals surface area contributed by atoms with Crippen LogP contribution in [0.5, 0.6) is 11.5 Å². The van der Waals surface area contributed by atoms with E-state index in [1.54, 1.807) is 20.3 Å². The molecule has 3 N–H and O–H groups in total. The average molecular weight is 347 g/mol. The fourth-order valence-corrected chi connectivity index (χ4v) is 2.53. The van der Waals surface area contributed by atoms with Gasteiger partial charge >= 0.3 is 0 Å². The van der Waals surface area contributed by atoms with E-state index < -0.39 is 0 Å². The minimum Gasteiger partial charge on any atom is -0.493 e. The average Bonchev–Trinajstić information content (AvgIpc) is 3.08. The summed E-state index contributed by atoms with van der Waals surface area (Å²) in [5, 5.41) is 2.80. The molecular formula is C18H25N3O4. The molecule has 136 valence electrons. The predicted octanol–water partition coefficient (Wildman–Crippen LogP) is 2.67. The third-order valence-corrected chi connectivity index (χ3v) is 3.72. The summed E-state index contributed by atoms with van der Waals surface area (Å²) < 4.78 is 15.9. The van der Waals surface area contributed by atoms with Crippen LogP contribution in [-0.2, 0) is 6.54 Å². The van der Waals surface area contributed by atoms with Crippen LogP contribution in [0.25, 0.3) is 0 Å². The van der Waals surface area contributed by atoms with Gasteiger partial charge in [0.1, 0.15) is 6.26 Å². The number of para-hydroxylation sites is 1.